The van der Waals surface area contributed by atoms with Crippen molar-refractivity contribution in [3.8, 4) is 5.88 Å². The van der Waals surface area contributed by atoms with E-state index in [0.717, 1.165) is 29.2 Å². The minimum atomic E-state index is -0.757. The number of hydrogen-bond donors (Lipinski definition) is 2. The molecule has 4 heterocycles. The minimum absolute atomic E-state index is 0.00851. The Labute approximate surface area is 198 Å². The van der Waals surface area contributed by atoms with E-state index in [1.807, 2.05) is 26.8 Å². The summed E-state index contributed by atoms with van der Waals surface area (Å²) in [6, 6.07) is 5.42. The molecule has 178 valence electrons. The fourth-order valence-electron chi connectivity index (χ4n) is 4.20. The third kappa shape index (κ3) is 4.17. The van der Waals surface area contributed by atoms with Crippen molar-refractivity contribution < 1.29 is 19.0 Å². The van der Waals surface area contributed by atoms with E-state index in [4.69, 9.17) is 24.9 Å². The van der Waals surface area contributed by atoms with Gasteiger partial charge in [-0.05, 0) is 50.3 Å². The Morgan fingerprint density at radius 2 is 1.97 bits per heavy atom. The van der Waals surface area contributed by atoms with E-state index < -0.39 is 5.54 Å². The van der Waals surface area contributed by atoms with Crippen molar-refractivity contribution in [2.24, 2.45) is 5.73 Å². The summed E-state index contributed by atoms with van der Waals surface area (Å²) in [6.07, 6.45) is 5.54. The fourth-order valence-corrected chi connectivity index (χ4v) is 4.20. The Morgan fingerprint density at radius 3 is 2.71 bits per heavy atom. The summed E-state index contributed by atoms with van der Waals surface area (Å²) in [4.78, 5) is 26.1. The van der Waals surface area contributed by atoms with Crippen LogP contribution in [0.4, 0.5) is 11.6 Å². The van der Waals surface area contributed by atoms with Crippen LogP contribution < -0.4 is 15.8 Å². The van der Waals surface area contributed by atoms with Gasteiger partial charge in [-0.1, -0.05) is 6.92 Å². The van der Waals surface area contributed by atoms with E-state index in [0.29, 0.717) is 35.4 Å². The van der Waals surface area contributed by atoms with Crippen molar-refractivity contribution in [3.05, 3.63) is 47.4 Å². The van der Waals surface area contributed by atoms with Crippen molar-refractivity contribution in [2.45, 2.75) is 57.3 Å². The van der Waals surface area contributed by atoms with Gasteiger partial charge < -0.3 is 25.3 Å². The smallest absolute Gasteiger partial charge is 0.340 e. The quantitative estimate of drug-likeness (QED) is 0.504. The van der Waals surface area contributed by atoms with Crippen LogP contribution in [0.5, 0.6) is 5.88 Å². The number of anilines is 2. The number of esters is 1. The number of carbonyl (C=O) groups excluding carboxylic acids is 1. The molecule has 1 aliphatic carbocycles. The van der Waals surface area contributed by atoms with Gasteiger partial charge in [0.2, 0.25) is 5.88 Å². The van der Waals surface area contributed by atoms with Crippen molar-refractivity contribution in [1.29, 1.82) is 0 Å². The van der Waals surface area contributed by atoms with Gasteiger partial charge in [-0.15, -0.1) is 0 Å². The maximum Gasteiger partial charge on any atom is 0.340 e. The van der Waals surface area contributed by atoms with Gasteiger partial charge in [-0.25, -0.2) is 19.7 Å². The highest BCUT2D eigenvalue weighted by molar-refractivity contribution is 5.93. The third-order valence-corrected chi connectivity index (χ3v) is 6.43. The first kappa shape index (κ1) is 22.5. The number of carbonyl (C=O) groups is 1. The second-order valence-electron chi connectivity index (χ2n) is 9.41. The van der Waals surface area contributed by atoms with Gasteiger partial charge in [-0.2, -0.15) is 0 Å². The van der Waals surface area contributed by atoms with Gasteiger partial charge >= 0.3 is 5.97 Å². The SMILES string of the molecule is COC[C@](C)(N)c1cnc(OC2CC2)c2cnc(Nc3ccc4c(n3)[C@H](C)[C@@H](C)OC4=O)cc12. The van der Waals surface area contributed by atoms with Crippen molar-refractivity contribution in [1.82, 2.24) is 15.0 Å². The molecule has 0 unspecified atom stereocenters. The van der Waals surface area contributed by atoms with Crippen LogP contribution in [0.1, 0.15) is 61.1 Å². The third-order valence-electron chi connectivity index (χ3n) is 6.43. The normalized spacial score (nSPS) is 21.5. The van der Waals surface area contributed by atoms with Crippen LogP contribution in [-0.4, -0.2) is 46.8 Å². The van der Waals surface area contributed by atoms with Gasteiger partial charge in [0, 0.05) is 31.0 Å². The molecule has 1 fully saturated rings. The molecule has 34 heavy (non-hydrogen) atoms. The second-order valence-corrected chi connectivity index (χ2v) is 9.41. The first-order valence-electron chi connectivity index (χ1n) is 11.5. The molecule has 3 N–H and O–H groups in total. The first-order valence-corrected chi connectivity index (χ1v) is 11.5. The Balaban J connectivity index is 1.54. The standard InChI is InChI=1S/C25H29N5O4/c1-13-14(2)33-24(31)16-7-8-20(30-22(13)16)29-21-9-17-18(10-27-21)23(34-15-5-6-15)28-11-19(17)25(3,26)12-32-4/h7-11,13-15H,5-6,12,26H2,1-4H3,(H,27,29,30)/t13-,14-,25+/m1/s1. The summed E-state index contributed by atoms with van der Waals surface area (Å²) in [5.74, 6) is 1.39. The Bertz CT molecular complexity index is 1260. The molecule has 0 amide bonds. The average Bonchev–Trinajstić information content (AvgIpc) is 3.61. The Kier molecular flexibility index (Phi) is 5.61. The monoisotopic (exact) mass is 463 g/mol. The van der Waals surface area contributed by atoms with Crippen LogP contribution in [-0.2, 0) is 15.0 Å². The van der Waals surface area contributed by atoms with Crippen molar-refractivity contribution >= 4 is 28.4 Å². The number of pyridine rings is 3. The van der Waals surface area contributed by atoms with Crippen LogP contribution in [0.2, 0.25) is 0 Å². The molecule has 3 atom stereocenters. The van der Waals surface area contributed by atoms with E-state index in [-0.39, 0.29) is 24.1 Å². The molecular formula is C25H29N5O4. The number of aromatic nitrogens is 3. The first-order chi connectivity index (χ1) is 16.3. The minimum Gasteiger partial charge on any atom is -0.474 e. The van der Waals surface area contributed by atoms with E-state index in [1.165, 1.54) is 0 Å². The highest BCUT2D eigenvalue weighted by Crippen LogP contribution is 2.36. The second kappa shape index (κ2) is 8.48. The molecule has 0 radical (unpaired) electrons. The number of fused-ring (bicyclic) bond motifs is 2. The van der Waals surface area contributed by atoms with Gasteiger partial charge in [0.05, 0.1) is 28.8 Å². The molecule has 0 saturated heterocycles. The summed E-state index contributed by atoms with van der Waals surface area (Å²) < 4.78 is 16.8. The zero-order valence-corrected chi connectivity index (χ0v) is 19.8. The molecule has 2 aliphatic rings. The van der Waals surface area contributed by atoms with Crippen LogP contribution in [0.25, 0.3) is 10.8 Å². The summed E-state index contributed by atoms with van der Waals surface area (Å²) in [5.41, 5.74) is 7.89. The van der Waals surface area contributed by atoms with Crippen molar-refractivity contribution in [2.75, 3.05) is 19.0 Å². The maximum atomic E-state index is 12.2. The van der Waals surface area contributed by atoms with Crippen LogP contribution in [0.15, 0.2) is 30.6 Å². The zero-order valence-electron chi connectivity index (χ0n) is 19.8. The lowest BCUT2D eigenvalue weighted by molar-refractivity contribution is 0.0235. The van der Waals surface area contributed by atoms with Gasteiger partial charge in [0.25, 0.3) is 0 Å². The molecule has 3 aromatic rings. The molecule has 1 saturated carbocycles. The summed E-state index contributed by atoms with van der Waals surface area (Å²) in [6.45, 7) is 6.11. The summed E-state index contributed by atoms with van der Waals surface area (Å²) in [5, 5.41) is 4.95. The summed E-state index contributed by atoms with van der Waals surface area (Å²) >= 11 is 0. The largest absolute Gasteiger partial charge is 0.474 e. The number of ether oxygens (including phenoxy) is 3. The average molecular weight is 464 g/mol. The van der Waals surface area contributed by atoms with E-state index in [9.17, 15) is 4.79 Å². The number of nitrogens with two attached hydrogens (primary N) is 1. The fraction of sp³-hybridized carbons (Fsp3) is 0.440. The zero-order chi connectivity index (χ0) is 24.0. The summed E-state index contributed by atoms with van der Waals surface area (Å²) in [7, 11) is 1.62. The predicted octanol–water partition coefficient (Wildman–Crippen LogP) is 3.79. The van der Waals surface area contributed by atoms with Gasteiger partial charge in [0.1, 0.15) is 23.8 Å². The van der Waals surface area contributed by atoms with Crippen LogP contribution in [0.3, 0.4) is 0 Å². The molecule has 0 aromatic carbocycles. The molecule has 9 heteroatoms. The van der Waals surface area contributed by atoms with Crippen LogP contribution in [0, 0.1) is 0 Å². The molecular weight excluding hydrogens is 434 g/mol. The van der Waals surface area contributed by atoms with Crippen LogP contribution >= 0.6 is 0 Å². The van der Waals surface area contributed by atoms with Gasteiger partial charge in [0.15, 0.2) is 0 Å². The molecule has 5 rings (SSSR count). The highest BCUT2D eigenvalue weighted by atomic mass is 16.5. The number of hydrogen-bond acceptors (Lipinski definition) is 9. The van der Waals surface area contributed by atoms with E-state index in [1.54, 1.807) is 31.6 Å². The molecule has 0 spiro atoms. The number of methoxy groups -OCH3 is 1. The van der Waals surface area contributed by atoms with Crippen molar-refractivity contribution in [3.63, 3.8) is 0 Å². The molecule has 1 aliphatic heterocycles. The molecule has 0 bridgehead atoms. The lowest BCUT2D eigenvalue weighted by Crippen LogP contribution is -2.38. The Morgan fingerprint density at radius 1 is 1.18 bits per heavy atom. The lowest BCUT2D eigenvalue weighted by Gasteiger charge is -2.27. The van der Waals surface area contributed by atoms with E-state index >= 15 is 0 Å². The number of nitrogens with zero attached hydrogens (tertiary/aromatic N) is 3. The number of rotatable bonds is 7. The van der Waals surface area contributed by atoms with E-state index in [2.05, 4.69) is 15.3 Å². The van der Waals surface area contributed by atoms with Gasteiger partial charge in [-0.3, -0.25) is 0 Å². The Hall–Kier alpha value is -3.30. The highest BCUT2D eigenvalue weighted by Gasteiger charge is 2.32. The molecule has 3 aromatic heterocycles. The number of cyclic esters (lactones) is 1. The predicted molar refractivity (Wildman–Crippen MR) is 127 cm³/mol. The molecule has 9 nitrogen and oxygen atoms in total. The lowest BCUT2D eigenvalue weighted by atomic mass is 9.91. The maximum absolute atomic E-state index is 12.2. The topological polar surface area (TPSA) is 121 Å². The number of nitrogens with one attached hydrogen (secondary N) is 1.